The van der Waals surface area contributed by atoms with Crippen molar-refractivity contribution in [1.82, 2.24) is 0 Å². The second-order valence-electron chi connectivity index (χ2n) is 3.59. The lowest BCUT2D eigenvalue weighted by Crippen LogP contribution is -2.15. The summed E-state index contributed by atoms with van der Waals surface area (Å²) in [6, 6.07) is 2.31. The van der Waals surface area contributed by atoms with Crippen LogP contribution in [0.1, 0.15) is 24.4 Å². The van der Waals surface area contributed by atoms with Crippen molar-refractivity contribution in [1.29, 1.82) is 0 Å². The summed E-state index contributed by atoms with van der Waals surface area (Å²) in [5.74, 6) is -0.00299. The van der Waals surface area contributed by atoms with Crippen LogP contribution in [0.3, 0.4) is 0 Å². The lowest BCUT2D eigenvalue weighted by atomic mass is 10.0. The van der Waals surface area contributed by atoms with Crippen molar-refractivity contribution in [2.75, 3.05) is 0 Å². The fraction of sp³-hybridized carbons (Fsp3) is 0.400. The van der Waals surface area contributed by atoms with Crippen molar-refractivity contribution >= 4 is 44.3 Å². The smallest absolute Gasteiger partial charge is 0.389 e. The minimum Gasteiger partial charge on any atom is -0.506 e. The molecule has 1 aromatic carbocycles. The molecule has 0 unspecified atom stereocenters. The molecule has 0 fully saturated rings. The van der Waals surface area contributed by atoms with Crippen molar-refractivity contribution in [3.63, 3.8) is 0 Å². The SMILES string of the molecule is Cl.N[C@H](CCC(F)(F)F)c1cc(Br)c(O)c(Br)c1. The molecule has 0 radical (unpaired) electrons. The van der Waals surface area contributed by atoms with Gasteiger partial charge in [0.15, 0.2) is 0 Å². The van der Waals surface area contributed by atoms with Crippen LogP contribution in [-0.4, -0.2) is 11.3 Å². The Balaban J connectivity index is 0.00000289. The van der Waals surface area contributed by atoms with Crippen molar-refractivity contribution in [3.05, 3.63) is 26.6 Å². The molecule has 18 heavy (non-hydrogen) atoms. The minimum atomic E-state index is -4.21. The van der Waals surface area contributed by atoms with Crippen LogP contribution < -0.4 is 5.73 Å². The maximum atomic E-state index is 12.0. The number of phenols is 1. The van der Waals surface area contributed by atoms with Gasteiger partial charge in [-0.15, -0.1) is 12.4 Å². The molecule has 0 bridgehead atoms. The Morgan fingerprint density at radius 1 is 1.22 bits per heavy atom. The monoisotopic (exact) mass is 411 g/mol. The maximum absolute atomic E-state index is 12.0. The summed E-state index contributed by atoms with van der Waals surface area (Å²) < 4.78 is 36.9. The van der Waals surface area contributed by atoms with Gasteiger partial charge in [0.2, 0.25) is 0 Å². The van der Waals surface area contributed by atoms with Gasteiger partial charge in [0.05, 0.1) is 8.95 Å². The van der Waals surface area contributed by atoms with Gasteiger partial charge in [0.1, 0.15) is 5.75 Å². The summed E-state index contributed by atoms with van der Waals surface area (Å²) in [7, 11) is 0. The fourth-order valence-corrected chi connectivity index (χ4v) is 2.51. The number of aromatic hydroxyl groups is 1. The Morgan fingerprint density at radius 3 is 2.06 bits per heavy atom. The zero-order valence-electron chi connectivity index (χ0n) is 8.97. The van der Waals surface area contributed by atoms with E-state index in [2.05, 4.69) is 31.9 Å². The van der Waals surface area contributed by atoms with E-state index in [9.17, 15) is 18.3 Å². The molecule has 0 spiro atoms. The van der Waals surface area contributed by atoms with Crippen molar-refractivity contribution in [3.8, 4) is 5.75 Å². The molecule has 1 aromatic rings. The average molecular weight is 413 g/mol. The Bertz CT molecular complexity index is 392. The third-order valence-electron chi connectivity index (χ3n) is 2.21. The van der Waals surface area contributed by atoms with E-state index in [0.29, 0.717) is 14.5 Å². The lowest BCUT2D eigenvalue weighted by molar-refractivity contribution is -0.136. The number of phenolic OH excluding ortho intramolecular Hbond substituents is 1. The molecule has 1 atom stereocenters. The zero-order chi connectivity index (χ0) is 13.2. The predicted molar refractivity (Wildman–Crippen MR) is 73.0 cm³/mol. The molecule has 0 heterocycles. The molecule has 0 aromatic heterocycles. The van der Waals surface area contributed by atoms with Crippen LogP contribution in [-0.2, 0) is 0 Å². The predicted octanol–water partition coefficient (Wildman–Crippen LogP) is 4.68. The Kier molecular flexibility index (Phi) is 6.99. The van der Waals surface area contributed by atoms with Gasteiger partial charge in [-0.25, -0.2) is 0 Å². The van der Waals surface area contributed by atoms with E-state index in [1.807, 2.05) is 0 Å². The van der Waals surface area contributed by atoms with E-state index in [4.69, 9.17) is 5.73 Å². The van der Waals surface area contributed by atoms with E-state index in [1.165, 1.54) is 12.1 Å². The van der Waals surface area contributed by atoms with Crippen molar-refractivity contribution in [2.45, 2.75) is 25.1 Å². The highest BCUT2D eigenvalue weighted by Gasteiger charge is 2.28. The molecule has 0 amide bonds. The topological polar surface area (TPSA) is 46.2 Å². The molecule has 3 N–H and O–H groups in total. The summed E-state index contributed by atoms with van der Waals surface area (Å²) in [6.45, 7) is 0. The van der Waals surface area contributed by atoms with E-state index < -0.39 is 18.6 Å². The van der Waals surface area contributed by atoms with Crippen LogP contribution in [0.25, 0.3) is 0 Å². The third kappa shape index (κ3) is 5.34. The molecule has 0 aliphatic carbocycles. The molecule has 0 saturated heterocycles. The number of nitrogens with two attached hydrogens (primary N) is 1. The molecule has 0 aliphatic heterocycles. The van der Waals surface area contributed by atoms with Crippen LogP contribution in [0.5, 0.6) is 5.75 Å². The Labute approximate surface area is 125 Å². The molecule has 0 aliphatic rings. The number of rotatable bonds is 3. The van der Waals surface area contributed by atoms with Crippen molar-refractivity contribution in [2.24, 2.45) is 5.73 Å². The first-order valence-electron chi connectivity index (χ1n) is 4.71. The third-order valence-corrected chi connectivity index (χ3v) is 3.42. The van der Waals surface area contributed by atoms with Gasteiger partial charge in [0, 0.05) is 12.5 Å². The molecule has 2 nitrogen and oxygen atoms in total. The van der Waals surface area contributed by atoms with Gasteiger partial charge in [-0.2, -0.15) is 13.2 Å². The van der Waals surface area contributed by atoms with E-state index in [1.54, 1.807) is 0 Å². The van der Waals surface area contributed by atoms with Crippen LogP contribution in [0.4, 0.5) is 13.2 Å². The Hall–Kier alpha value is 0.0200. The van der Waals surface area contributed by atoms with Crippen LogP contribution in [0.15, 0.2) is 21.1 Å². The van der Waals surface area contributed by atoms with Crippen LogP contribution in [0, 0.1) is 0 Å². The van der Waals surface area contributed by atoms with Gasteiger partial charge in [0.25, 0.3) is 0 Å². The highest BCUT2D eigenvalue weighted by atomic mass is 79.9. The number of hydrogen-bond acceptors (Lipinski definition) is 2. The standard InChI is InChI=1S/C10H10Br2F3NO.ClH/c11-6-3-5(4-7(12)9(6)17)8(16)1-2-10(13,14)15;/h3-4,8,17H,1-2,16H2;1H/t8-;/m1./s1. The first kappa shape index (κ1) is 18.0. The van der Waals surface area contributed by atoms with Crippen LogP contribution in [0.2, 0.25) is 0 Å². The highest BCUT2D eigenvalue weighted by molar-refractivity contribution is 9.11. The summed E-state index contributed by atoms with van der Waals surface area (Å²) in [6.07, 6.45) is -5.32. The summed E-state index contributed by atoms with van der Waals surface area (Å²) >= 11 is 6.20. The van der Waals surface area contributed by atoms with Gasteiger partial charge in [-0.3, -0.25) is 0 Å². The maximum Gasteiger partial charge on any atom is 0.389 e. The van der Waals surface area contributed by atoms with Crippen molar-refractivity contribution < 1.29 is 18.3 Å². The molecule has 0 saturated carbocycles. The van der Waals surface area contributed by atoms with Gasteiger partial charge < -0.3 is 10.8 Å². The number of halogens is 6. The minimum absolute atomic E-state index is 0. The molecule has 8 heteroatoms. The second-order valence-corrected chi connectivity index (χ2v) is 5.30. The first-order valence-corrected chi connectivity index (χ1v) is 6.29. The first-order chi connectivity index (χ1) is 7.70. The summed E-state index contributed by atoms with van der Waals surface area (Å²) in [4.78, 5) is 0. The van der Waals surface area contributed by atoms with Gasteiger partial charge >= 0.3 is 6.18 Å². The quantitative estimate of drug-likeness (QED) is 0.756. The Morgan fingerprint density at radius 2 is 1.67 bits per heavy atom. The second kappa shape index (κ2) is 6.98. The average Bonchev–Trinajstić information content (AvgIpc) is 2.20. The molecular weight excluding hydrogens is 402 g/mol. The largest absolute Gasteiger partial charge is 0.506 e. The van der Waals surface area contributed by atoms with E-state index >= 15 is 0 Å². The van der Waals surface area contributed by atoms with Crippen LogP contribution >= 0.6 is 44.3 Å². The summed E-state index contributed by atoms with van der Waals surface area (Å²) in [5.41, 5.74) is 6.20. The summed E-state index contributed by atoms with van der Waals surface area (Å²) in [5, 5.41) is 9.46. The number of benzene rings is 1. The molecule has 104 valence electrons. The highest BCUT2D eigenvalue weighted by Crippen LogP contribution is 2.36. The number of alkyl halides is 3. The fourth-order valence-electron chi connectivity index (χ4n) is 1.29. The normalized spacial score (nSPS) is 13.0. The van der Waals surface area contributed by atoms with E-state index in [-0.39, 0.29) is 24.6 Å². The lowest BCUT2D eigenvalue weighted by Gasteiger charge is -2.15. The molecular formula is C10H11Br2ClF3NO. The van der Waals surface area contributed by atoms with Gasteiger partial charge in [-0.1, -0.05) is 0 Å². The zero-order valence-corrected chi connectivity index (χ0v) is 13.0. The molecule has 1 rings (SSSR count). The van der Waals surface area contributed by atoms with E-state index in [0.717, 1.165) is 0 Å². The number of hydrogen-bond donors (Lipinski definition) is 2. The van der Waals surface area contributed by atoms with Gasteiger partial charge in [-0.05, 0) is 56.0 Å².